The molecular formula is C25H25F6N3. The number of benzene rings is 2. The normalized spacial score (nSPS) is 14.6. The molecule has 1 aliphatic rings. The lowest BCUT2D eigenvalue weighted by molar-refractivity contribution is -0.143. The predicted molar refractivity (Wildman–Crippen MR) is 119 cm³/mol. The Bertz CT molecular complexity index is 1120. The lowest BCUT2D eigenvalue weighted by atomic mass is 10.0. The fourth-order valence-corrected chi connectivity index (χ4v) is 3.99. The van der Waals surface area contributed by atoms with Crippen molar-refractivity contribution in [3.8, 4) is 0 Å². The van der Waals surface area contributed by atoms with Gasteiger partial charge in [-0.25, -0.2) is 4.98 Å². The average molecular weight is 481 g/mol. The molecule has 0 unspecified atom stereocenters. The molecule has 1 aromatic heterocycles. The van der Waals surface area contributed by atoms with Crippen LogP contribution >= 0.6 is 0 Å². The Morgan fingerprint density at radius 3 is 2.15 bits per heavy atom. The predicted octanol–water partition coefficient (Wildman–Crippen LogP) is 6.80. The summed E-state index contributed by atoms with van der Waals surface area (Å²) in [7, 11) is 0. The van der Waals surface area contributed by atoms with Gasteiger partial charge in [0.1, 0.15) is 5.82 Å². The van der Waals surface area contributed by atoms with Crippen LogP contribution in [0.1, 0.15) is 42.0 Å². The van der Waals surface area contributed by atoms with Crippen LogP contribution in [0.15, 0.2) is 48.5 Å². The van der Waals surface area contributed by atoms with Gasteiger partial charge in [0.2, 0.25) is 0 Å². The van der Waals surface area contributed by atoms with Gasteiger partial charge >= 0.3 is 12.4 Å². The van der Waals surface area contributed by atoms with E-state index < -0.39 is 23.5 Å². The number of fused-ring (bicyclic) bond motifs is 1. The van der Waals surface area contributed by atoms with Crippen LogP contribution < -0.4 is 10.2 Å². The van der Waals surface area contributed by atoms with Gasteiger partial charge in [-0.2, -0.15) is 26.3 Å². The summed E-state index contributed by atoms with van der Waals surface area (Å²) in [5.74, 6) is 1.42. The largest absolute Gasteiger partial charge is 0.416 e. The van der Waals surface area contributed by atoms with Crippen LogP contribution in [0.2, 0.25) is 0 Å². The third-order valence-electron chi connectivity index (χ3n) is 5.93. The van der Waals surface area contributed by atoms with Crippen molar-refractivity contribution in [2.75, 3.05) is 18.0 Å². The molecule has 0 spiro atoms. The van der Waals surface area contributed by atoms with Gasteiger partial charge < -0.3 is 10.2 Å². The number of para-hydroxylation sites is 1. The van der Waals surface area contributed by atoms with Crippen molar-refractivity contribution in [2.24, 2.45) is 5.92 Å². The van der Waals surface area contributed by atoms with Gasteiger partial charge in [-0.3, -0.25) is 0 Å². The second kappa shape index (κ2) is 9.44. The fraction of sp³-hybridized carbons (Fsp3) is 0.400. The zero-order valence-electron chi connectivity index (χ0n) is 18.6. The molecule has 1 saturated carbocycles. The first-order valence-electron chi connectivity index (χ1n) is 11.2. The molecule has 0 amide bonds. The van der Waals surface area contributed by atoms with Crippen molar-refractivity contribution in [3.63, 3.8) is 0 Å². The number of rotatable bonds is 8. The number of nitrogens with zero attached hydrogens (tertiary/aromatic N) is 2. The first kappa shape index (κ1) is 24.3. The lowest BCUT2D eigenvalue weighted by Gasteiger charge is -2.25. The van der Waals surface area contributed by atoms with Crippen molar-refractivity contribution in [1.29, 1.82) is 0 Å². The smallest absolute Gasteiger partial charge is 0.356 e. The Labute approximate surface area is 193 Å². The van der Waals surface area contributed by atoms with E-state index in [4.69, 9.17) is 4.98 Å². The number of nitrogens with one attached hydrogen (secondary N) is 1. The van der Waals surface area contributed by atoms with Crippen molar-refractivity contribution in [1.82, 2.24) is 10.3 Å². The number of pyridine rings is 1. The molecule has 4 rings (SSSR count). The minimum absolute atomic E-state index is 0.0808. The molecule has 0 radical (unpaired) electrons. The van der Waals surface area contributed by atoms with Crippen LogP contribution in [0, 0.1) is 5.92 Å². The molecule has 2 aromatic carbocycles. The van der Waals surface area contributed by atoms with Crippen molar-refractivity contribution in [2.45, 2.75) is 45.2 Å². The van der Waals surface area contributed by atoms with Gasteiger partial charge in [-0.15, -0.1) is 0 Å². The summed E-state index contributed by atoms with van der Waals surface area (Å²) >= 11 is 0. The van der Waals surface area contributed by atoms with Gasteiger partial charge in [-0.05, 0) is 61.6 Å². The molecule has 3 nitrogen and oxygen atoms in total. The number of alkyl halides is 6. The van der Waals surface area contributed by atoms with E-state index >= 15 is 0 Å². The molecule has 0 aliphatic heterocycles. The second-order valence-electron chi connectivity index (χ2n) is 8.66. The molecule has 34 heavy (non-hydrogen) atoms. The van der Waals surface area contributed by atoms with E-state index in [2.05, 4.69) is 10.2 Å². The van der Waals surface area contributed by atoms with Gasteiger partial charge in [0.15, 0.2) is 0 Å². The van der Waals surface area contributed by atoms with E-state index in [1.807, 2.05) is 37.3 Å². The molecule has 1 N–H and O–H groups in total. The SMILES string of the molecule is CCN(CC1CC1)c1nc2ccccc2cc1CNCc1cc(C(F)(F)F)cc(C(F)(F)F)c1. The van der Waals surface area contributed by atoms with Crippen molar-refractivity contribution in [3.05, 3.63) is 70.8 Å². The maximum atomic E-state index is 13.2. The number of hydrogen-bond acceptors (Lipinski definition) is 3. The van der Waals surface area contributed by atoms with E-state index in [0.29, 0.717) is 5.92 Å². The van der Waals surface area contributed by atoms with E-state index in [1.54, 1.807) is 0 Å². The first-order valence-corrected chi connectivity index (χ1v) is 11.2. The summed E-state index contributed by atoms with van der Waals surface area (Å²) in [5.41, 5.74) is -1.02. The Balaban J connectivity index is 1.59. The van der Waals surface area contributed by atoms with Crippen LogP contribution in [0.5, 0.6) is 0 Å². The second-order valence-corrected chi connectivity index (χ2v) is 8.66. The zero-order chi connectivity index (χ0) is 24.5. The Morgan fingerprint density at radius 2 is 1.56 bits per heavy atom. The molecule has 0 bridgehead atoms. The Hall–Kier alpha value is -2.81. The summed E-state index contributed by atoms with van der Waals surface area (Å²) < 4.78 is 79.0. The highest BCUT2D eigenvalue weighted by atomic mass is 19.4. The summed E-state index contributed by atoms with van der Waals surface area (Å²) in [6.07, 6.45) is -7.38. The summed E-state index contributed by atoms with van der Waals surface area (Å²) in [6, 6.07) is 11.3. The summed E-state index contributed by atoms with van der Waals surface area (Å²) in [5, 5.41) is 3.95. The summed E-state index contributed by atoms with van der Waals surface area (Å²) in [4.78, 5) is 7.02. The van der Waals surface area contributed by atoms with Crippen LogP contribution in [-0.2, 0) is 25.4 Å². The highest BCUT2D eigenvalue weighted by Gasteiger charge is 2.36. The molecule has 182 valence electrons. The monoisotopic (exact) mass is 481 g/mol. The maximum Gasteiger partial charge on any atom is 0.416 e. The quantitative estimate of drug-likeness (QED) is 0.359. The van der Waals surface area contributed by atoms with Crippen LogP contribution in [0.25, 0.3) is 10.9 Å². The van der Waals surface area contributed by atoms with Gasteiger partial charge in [0.05, 0.1) is 16.6 Å². The van der Waals surface area contributed by atoms with E-state index in [9.17, 15) is 26.3 Å². The van der Waals surface area contributed by atoms with Gasteiger partial charge in [-0.1, -0.05) is 18.2 Å². The topological polar surface area (TPSA) is 28.2 Å². The van der Waals surface area contributed by atoms with E-state index in [1.165, 1.54) is 12.8 Å². The number of halogens is 6. The molecule has 1 fully saturated rings. The van der Waals surface area contributed by atoms with Crippen LogP contribution in [-0.4, -0.2) is 18.1 Å². The fourth-order valence-electron chi connectivity index (χ4n) is 3.99. The molecule has 1 heterocycles. The van der Waals surface area contributed by atoms with E-state index in [0.717, 1.165) is 47.5 Å². The first-order chi connectivity index (χ1) is 16.0. The van der Waals surface area contributed by atoms with Gasteiger partial charge in [0.25, 0.3) is 0 Å². The molecule has 0 saturated heterocycles. The maximum absolute atomic E-state index is 13.2. The lowest BCUT2D eigenvalue weighted by Crippen LogP contribution is -2.28. The zero-order valence-corrected chi connectivity index (χ0v) is 18.6. The molecular weight excluding hydrogens is 456 g/mol. The van der Waals surface area contributed by atoms with Crippen LogP contribution in [0.4, 0.5) is 32.2 Å². The van der Waals surface area contributed by atoms with Gasteiger partial charge in [0, 0.05) is 37.1 Å². The van der Waals surface area contributed by atoms with Crippen molar-refractivity contribution < 1.29 is 26.3 Å². The molecule has 1 aliphatic carbocycles. The standard InChI is InChI=1S/C25H25F6N3/c1-2-34(15-16-7-8-16)23-19(11-18-5-3-4-6-22(18)33-23)14-32-13-17-9-20(24(26,27)28)12-21(10-17)25(29,30)31/h3-6,9-12,16,32H,2,7-8,13-15H2,1H3. The summed E-state index contributed by atoms with van der Waals surface area (Å²) in [6.45, 7) is 3.77. The Kier molecular flexibility index (Phi) is 6.75. The minimum Gasteiger partial charge on any atom is -0.356 e. The highest BCUT2D eigenvalue weighted by Crippen LogP contribution is 2.36. The molecule has 0 atom stereocenters. The number of anilines is 1. The third kappa shape index (κ3) is 5.81. The minimum atomic E-state index is -4.87. The number of hydrogen-bond donors (Lipinski definition) is 1. The Morgan fingerprint density at radius 1 is 0.912 bits per heavy atom. The van der Waals surface area contributed by atoms with Crippen molar-refractivity contribution >= 4 is 16.7 Å². The molecule has 9 heteroatoms. The third-order valence-corrected chi connectivity index (χ3v) is 5.93. The van der Waals surface area contributed by atoms with Crippen LogP contribution in [0.3, 0.4) is 0 Å². The molecule has 3 aromatic rings. The highest BCUT2D eigenvalue weighted by molar-refractivity contribution is 5.81. The number of aromatic nitrogens is 1. The van der Waals surface area contributed by atoms with E-state index in [-0.39, 0.29) is 24.7 Å². The average Bonchev–Trinajstić information content (AvgIpc) is 3.60.